The Hall–Kier alpha value is -1.43. The molecular formula is C12H23N5O. The molecule has 18 heavy (non-hydrogen) atoms. The first kappa shape index (κ1) is 14.6. The van der Waals surface area contributed by atoms with Crippen LogP contribution in [0.3, 0.4) is 0 Å². The van der Waals surface area contributed by atoms with E-state index < -0.39 is 0 Å². The minimum absolute atomic E-state index is 0.0503. The third-order valence-corrected chi connectivity index (χ3v) is 3.03. The molecule has 0 fully saturated rings. The Bertz CT molecular complexity index is 376. The molecule has 0 aliphatic heterocycles. The van der Waals surface area contributed by atoms with Gasteiger partial charge >= 0.3 is 0 Å². The van der Waals surface area contributed by atoms with E-state index in [1.165, 1.54) is 0 Å². The standard InChI is InChI=1S/C12H23N5O/c1-9(6-7-13)4-5-11(18)15-10(2)12-16-14-8-17(12)3/h8-10H,4-7,13H2,1-3H3,(H,15,18). The van der Waals surface area contributed by atoms with Crippen LogP contribution in [0.1, 0.15) is 45.0 Å². The molecule has 0 aromatic carbocycles. The Labute approximate surface area is 108 Å². The third-order valence-electron chi connectivity index (χ3n) is 3.03. The number of nitrogens with zero attached hydrogens (tertiary/aromatic N) is 3. The summed E-state index contributed by atoms with van der Waals surface area (Å²) in [6.07, 6.45) is 3.99. The number of hydrogen-bond acceptors (Lipinski definition) is 4. The first-order valence-electron chi connectivity index (χ1n) is 6.38. The number of carbonyl (C=O) groups is 1. The first-order chi connectivity index (χ1) is 8.54. The quantitative estimate of drug-likeness (QED) is 0.751. The molecule has 0 aliphatic carbocycles. The van der Waals surface area contributed by atoms with E-state index in [1.54, 1.807) is 6.33 Å². The van der Waals surface area contributed by atoms with Crippen LogP contribution in [0.5, 0.6) is 0 Å². The van der Waals surface area contributed by atoms with Crippen molar-refractivity contribution < 1.29 is 4.79 Å². The van der Waals surface area contributed by atoms with Gasteiger partial charge in [0, 0.05) is 13.5 Å². The smallest absolute Gasteiger partial charge is 0.220 e. The van der Waals surface area contributed by atoms with Crippen molar-refractivity contribution in [2.45, 2.75) is 39.2 Å². The molecule has 1 rings (SSSR count). The lowest BCUT2D eigenvalue weighted by molar-refractivity contribution is -0.122. The van der Waals surface area contributed by atoms with Crippen LogP contribution in [0, 0.1) is 5.92 Å². The number of hydrogen-bond donors (Lipinski definition) is 2. The fourth-order valence-corrected chi connectivity index (χ4v) is 1.87. The van der Waals surface area contributed by atoms with Crippen molar-refractivity contribution in [1.82, 2.24) is 20.1 Å². The summed E-state index contributed by atoms with van der Waals surface area (Å²) < 4.78 is 1.81. The molecule has 0 bridgehead atoms. The second-order valence-electron chi connectivity index (χ2n) is 4.81. The first-order valence-corrected chi connectivity index (χ1v) is 6.38. The van der Waals surface area contributed by atoms with Gasteiger partial charge in [-0.1, -0.05) is 6.92 Å². The molecule has 0 radical (unpaired) electrons. The second-order valence-corrected chi connectivity index (χ2v) is 4.81. The molecule has 6 nitrogen and oxygen atoms in total. The van der Waals surface area contributed by atoms with Crippen molar-refractivity contribution in [2.24, 2.45) is 18.7 Å². The molecular weight excluding hydrogens is 230 g/mol. The number of aromatic nitrogens is 3. The van der Waals surface area contributed by atoms with Crippen LogP contribution in [0.25, 0.3) is 0 Å². The van der Waals surface area contributed by atoms with Gasteiger partial charge in [0.1, 0.15) is 6.33 Å². The average molecular weight is 253 g/mol. The van der Waals surface area contributed by atoms with Gasteiger partial charge in [0.25, 0.3) is 0 Å². The van der Waals surface area contributed by atoms with Crippen LogP contribution in [-0.4, -0.2) is 27.2 Å². The number of aryl methyl sites for hydroxylation is 1. The molecule has 6 heteroatoms. The third kappa shape index (κ3) is 4.44. The molecule has 0 aliphatic rings. The Morgan fingerprint density at radius 2 is 2.22 bits per heavy atom. The second kappa shape index (κ2) is 7.10. The van der Waals surface area contributed by atoms with Crippen molar-refractivity contribution in [2.75, 3.05) is 6.54 Å². The Balaban J connectivity index is 2.34. The van der Waals surface area contributed by atoms with Crippen LogP contribution in [0.4, 0.5) is 0 Å². The van der Waals surface area contributed by atoms with E-state index in [0.717, 1.165) is 18.7 Å². The topological polar surface area (TPSA) is 85.8 Å². The molecule has 1 aromatic rings. The zero-order valence-corrected chi connectivity index (χ0v) is 11.4. The van der Waals surface area contributed by atoms with Crippen LogP contribution in [0.15, 0.2) is 6.33 Å². The summed E-state index contributed by atoms with van der Waals surface area (Å²) in [6.45, 7) is 4.70. The van der Waals surface area contributed by atoms with Gasteiger partial charge in [0.2, 0.25) is 5.91 Å². The number of carbonyl (C=O) groups excluding carboxylic acids is 1. The predicted octanol–water partition coefficient (Wildman–Crippen LogP) is 0.757. The molecule has 2 unspecified atom stereocenters. The number of nitrogens with two attached hydrogens (primary N) is 1. The highest BCUT2D eigenvalue weighted by atomic mass is 16.1. The van der Waals surface area contributed by atoms with Gasteiger partial charge in [-0.3, -0.25) is 4.79 Å². The van der Waals surface area contributed by atoms with E-state index in [4.69, 9.17) is 5.73 Å². The molecule has 2 atom stereocenters. The zero-order valence-electron chi connectivity index (χ0n) is 11.4. The van der Waals surface area contributed by atoms with E-state index >= 15 is 0 Å². The van der Waals surface area contributed by atoms with Gasteiger partial charge in [-0.2, -0.15) is 0 Å². The van der Waals surface area contributed by atoms with Gasteiger partial charge < -0.3 is 15.6 Å². The van der Waals surface area contributed by atoms with Crippen LogP contribution in [-0.2, 0) is 11.8 Å². The van der Waals surface area contributed by atoms with Crippen LogP contribution < -0.4 is 11.1 Å². The van der Waals surface area contributed by atoms with E-state index in [2.05, 4.69) is 22.4 Å². The maximum Gasteiger partial charge on any atom is 0.220 e. The summed E-state index contributed by atoms with van der Waals surface area (Å²) in [4.78, 5) is 11.8. The van der Waals surface area contributed by atoms with Gasteiger partial charge in [-0.05, 0) is 32.2 Å². The number of rotatable bonds is 7. The van der Waals surface area contributed by atoms with Crippen molar-refractivity contribution in [1.29, 1.82) is 0 Å². The fourth-order valence-electron chi connectivity index (χ4n) is 1.87. The average Bonchev–Trinajstić information content (AvgIpc) is 2.73. The minimum atomic E-state index is -0.116. The molecule has 0 saturated heterocycles. The van der Waals surface area contributed by atoms with Gasteiger partial charge in [-0.15, -0.1) is 10.2 Å². The SMILES string of the molecule is CC(CCN)CCC(=O)NC(C)c1nncn1C. The highest BCUT2D eigenvalue weighted by Crippen LogP contribution is 2.11. The van der Waals surface area contributed by atoms with Crippen molar-refractivity contribution >= 4 is 5.91 Å². The summed E-state index contributed by atoms with van der Waals surface area (Å²) in [6, 6.07) is -0.116. The Morgan fingerprint density at radius 1 is 1.50 bits per heavy atom. The van der Waals surface area contributed by atoms with E-state index in [9.17, 15) is 4.79 Å². The van der Waals surface area contributed by atoms with Gasteiger partial charge in [-0.25, -0.2) is 0 Å². The van der Waals surface area contributed by atoms with E-state index in [0.29, 0.717) is 18.9 Å². The van der Waals surface area contributed by atoms with Gasteiger partial charge in [0.15, 0.2) is 5.82 Å². The Morgan fingerprint density at radius 3 is 2.78 bits per heavy atom. The molecule has 0 spiro atoms. The summed E-state index contributed by atoms with van der Waals surface area (Å²) >= 11 is 0. The van der Waals surface area contributed by atoms with Crippen molar-refractivity contribution in [3.05, 3.63) is 12.2 Å². The van der Waals surface area contributed by atoms with Crippen molar-refractivity contribution in [3.63, 3.8) is 0 Å². The Kier molecular flexibility index (Phi) is 5.77. The molecule has 102 valence electrons. The van der Waals surface area contributed by atoms with Crippen LogP contribution in [0.2, 0.25) is 0 Å². The lowest BCUT2D eigenvalue weighted by atomic mass is 10.0. The number of amides is 1. The summed E-state index contributed by atoms with van der Waals surface area (Å²) in [5.41, 5.74) is 5.48. The lowest BCUT2D eigenvalue weighted by Crippen LogP contribution is -2.28. The molecule has 1 aromatic heterocycles. The van der Waals surface area contributed by atoms with E-state index in [-0.39, 0.29) is 11.9 Å². The van der Waals surface area contributed by atoms with E-state index in [1.807, 2.05) is 18.5 Å². The minimum Gasteiger partial charge on any atom is -0.346 e. The predicted molar refractivity (Wildman–Crippen MR) is 69.6 cm³/mol. The largest absolute Gasteiger partial charge is 0.346 e. The zero-order chi connectivity index (χ0) is 13.5. The monoisotopic (exact) mass is 253 g/mol. The van der Waals surface area contributed by atoms with Gasteiger partial charge in [0.05, 0.1) is 6.04 Å². The lowest BCUT2D eigenvalue weighted by Gasteiger charge is -2.14. The van der Waals surface area contributed by atoms with Crippen LogP contribution >= 0.6 is 0 Å². The maximum absolute atomic E-state index is 11.8. The fraction of sp³-hybridized carbons (Fsp3) is 0.750. The van der Waals surface area contributed by atoms with Crippen molar-refractivity contribution in [3.8, 4) is 0 Å². The molecule has 1 heterocycles. The summed E-state index contributed by atoms with van der Waals surface area (Å²) in [5, 5.41) is 10.7. The number of nitrogens with one attached hydrogen (secondary N) is 1. The normalized spacial score (nSPS) is 14.2. The maximum atomic E-state index is 11.8. The highest BCUT2D eigenvalue weighted by Gasteiger charge is 2.14. The summed E-state index contributed by atoms with van der Waals surface area (Å²) in [5.74, 6) is 1.30. The molecule has 1 amide bonds. The molecule has 0 saturated carbocycles. The summed E-state index contributed by atoms with van der Waals surface area (Å²) in [7, 11) is 1.86. The highest BCUT2D eigenvalue weighted by molar-refractivity contribution is 5.76. The molecule has 3 N–H and O–H groups in total.